The molecular formula is C12H16F4N2O4S. The van der Waals surface area contributed by atoms with Crippen LogP contribution in [0.4, 0.5) is 17.6 Å². The Kier molecular flexibility index (Phi) is 5.16. The number of hydrogen-bond acceptors (Lipinski definition) is 4. The molecule has 0 aromatic carbocycles. The van der Waals surface area contributed by atoms with Crippen LogP contribution in [0.25, 0.3) is 0 Å². The van der Waals surface area contributed by atoms with Crippen LogP contribution in [-0.2, 0) is 21.8 Å². The molecule has 0 unspecified atom stereocenters. The van der Waals surface area contributed by atoms with Gasteiger partial charge in [-0.05, 0) is 20.8 Å². The number of rotatable bonds is 5. The van der Waals surface area contributed by atoms with E-state index in [1.807, 2.05) is 0 Å². The number of alkyl halides is 3. The maximum atomic E-state index is 14.2. The van der Waals surface area contributed by atoms with E-state index in [0.29, 0.717) is 20.0 Å². The molecule has 0 atom stereocenters. The molecule has 1 N–H and O–H groups in total. The van der Waals surface area contributed by atoms with E-state index < -0.39 is 44.1 Å². The van der Waals surface area contributed by atoms with Gasteiger partial charge in [-0.1, -0.05) is 0 Å². The van der Waals surface area contributed by atoms with E-state index in [2.05, 4.69) is 4.74 Å². The molecule has 11 heteroatoms. The fourth-order valence-corrected chi connectivity index (χ4v) is 3.16. The Balaban J connectivity index is 3.32. The normalized spacial score (nSPS) is 13.2. The Labute approximate surface area is 130 Å². The molecule has 0 amide bonds. The average molecular weight is 360 g/mol. The molecule has 1 aromatic heterocycles. The summed E-state index contributed by atoms with van der Waals surface area (Å²) in [6.07, 6.45) is -4.19. The van der Waals surface area contributed by atoms with E-state index in [1.165, 1.54) is 18.7 Å². The Hall–Kier alpha value is -1.62. The predicted molar refractivity (Wildman–Crippen MR) is 71.8 cm³/mol. The lowest BCUT2D eigenvalue weighted by Crippen LogP contribution is -2.54. The number of hydrogen-bond donors (Lipinski definition) is 1. The summed E-state index contributed by atoms with van der Waals surface area (Å²) in [5, 5.41) is 0. The minimum atomic E-state index is -4.89. The van der Waals surface area contributed by atoms with Crippen LogP contribution in [0.3, 0.4) is 0 Å². The molecule has 0 radical (unpaired) electrons. The van der Waals surface area contributed by atoms with Crippen LogP contribution in [0.1, 0.15) is 31.3 Å². The molecule has 23 heavy (non-hydrogen) atoms. The van der Waals surface area contributed by atoms with Gasteiger partial charge in [0.15, 0.2) is 11.5 Å². The van der Waals surface area contributed by atoms with Gasteiger partial charge in [-0.2, -0.15) is 17.9 Å². The summed E-state index contributed by atoms with van der Waals surface area (Å²) in [6.45, 7) is 2.57. The topological polar surface area (TPSA) is 77.4 Å². The van der Waals surface area contributed by atoms with Crippen molar-refractivity contribution in [2.75, 3.05) is 6.61 Å². The first-order valence-electron chi connectivity index (χ1n) is 6.37. The summed E-state index contributed by atoms with van der Waals surface area (Å²) < 4.78 is 83.5. The maximum absolute atomic E-state index is 14.2. The highest BCUT2D eigenvalue weighted by Crippen LogP contribution is 2.32. The lowest BCUT2D eigenvalue weighted by atomic mass is 10.1. The molecule has 0 bridgehead atoms. The fourth-order valence-electron chi connectivity index (χ4n) is 1.64. The number of sulfonamides is 1. The van der Waals surface area contributed by atoms with E-state index in [4.69, 9.17) is 0 Å². The molecule has 1 heterocycles. The van der Waals surface area contributed by atoms with Crippen molar-refractivity contribution in [2.45, 2.75) is 37.4 Å². The average Bonchev–Trinajstić information content (AvgIpc) is 2.63. The summed E-state index contributed by atoms with van der Waals surface area (Å²) >= 11 is 0. The zero-order valence-electron chi connectivity index (χ0n) is 12.8. The third-order valence-electron chi connectivity index (χ3n) is 2.94. The molecule has 1 aromatic rings. The minimum Gasteiger partial charge on any atom is -0.461 e. The van der Waals surface area contributed by atoms with Crippen molar-refractivity contribution in [1.82, 2.24) is 9.29 Å². The number of aromatic nitrogens is 1. The van der Waals surface area contributed by atoms with Crippen molar-refractivity contribution in [2.24, 2.45) is 7.05 Å². The molecule has 0 fully saturated rings. The second-order valence-corrected chi connectivity index (χ2v) is 6.87. The standard InChI is InChI=1S/C12H16F4N2O4S/c1-5-22-10(19)9-8(13)7(6-18(9)4)23(20,21)17-11(2,3)12(14,15)16/h6,17H,5H2,1-4H3. The zero-order chi connectivity index (χ0) is 18.2. The van der Waals surface area contributed by atoms with E-state index >= 15 is 0 Å². The Morgan fingerprint density at radius 2 is 1.87 bits per heavy atom. The van der Waals surface area contributed by atoms with Gasteiger partial charge in [0.2, 0.25) is 10.0 Å². The van der Waals surface area contributed by atoms with Gasteiger partial charge in [-0.25, -0.2) is 17.6 Å². The summed E-state index contributed by atoms with van der Waals surface area (Å²) in [4.78, 5) is 10.5. The number of nitrogens with zero attached hydrogens (tertiary/aromatic N) is 1. The number of carbonyl (C=O) groups is 1. The van der Waals surface area contributed by atoms with Crippen molar-refractivity contribution in [1.29, 1.82) is 0 Å². The zero-order valence-corrected chi connectivity index (χ0v) is 13.6. The largest absolute Gasteiger partial charge is 0.461 e. The van der Waals surface area contributed by atoms with Gasteiger partial charge in [-0.15, -0.1) is 0 Å². The van der Waals surface area contributed by atoms with E-state index in [-0.39, 0.29) is 6.61 Å². The number of esters is 1. The quantitative estimate of drug-likeness (QED) is 0.643. The van der Waals surface area contributed by atoms with Crippen LogP contribution in [0.15, 0.2) is 11.1 Å². The highest BCUT2D eigenvalue weighted by Gasteiger charge is 2.50. The SMILES string of the molecule is CCOC(=O)c1c(F)c(S(=O)(=O)NC(C)(C)C(F)(F)F)cn1C. The van der Waals surface area contributed by atoms with Crippen LogP contribution in [-0.4, -0.2) is 37.3 Å². The minimum absolute atomic E-state index is 0.0785. The first kappa shape index (κ1) is 19.4. The van der Waals surface area contributed by atoms with Crippen LogP contribution >= 0.6 is 0 Å². The lowest BCUT2D eigenvalue weighted by Gasteiger charge is -2.28. The lowest BCUT2D eigenvalue weighted by molar-refractivity contribution is -0.180. The van der Waals surface area contributed by atoms with Crippen molar-refractivity contribution in [3.63, 3.8) is 0 Å². The predicted octanol–water partition coefficient (Wildman–Crippen LogP) is 1.96. The number of halogens is 4. The van der Waals surface area contributed by atoms with Gasteiger partial charge in [-0.3, -0.25) is 0 Å². The summed E-state index contributed by atoms with van der Waals surface area (Å²) in [6, 6.07) is 0. The molecule has 0 saturated heterocycles. The first-order valence-corrected chi connectivity index (χ1v) is 7.85. The molecule has 0 aliphatic rings. The van der Waals surface area contributed by atoms with Gasteiger partial charge in [0, 0.05) is 13.2 Å². The van der Waals surface area contributed by atoms with Crippen LogP contribution in [0.2, 0.25) is 0 Å². The van der Waals surface area contributed by atoms with Crippen molar-refractivity contribution < 1.29 is 35.5 Å². The second kappa shape index (κ2) is 6.11. The third kappa shape index (κ3) is 3.83. The fraction of sp³-hybridized carbons (Fsp3) is 0.583. The summed E-state index contributed by atoms with van der Waals surface area (Å²) in [5.41, 5.74) is -3.52. The number of ether oxygens (including phenoxy) is 1. The van der Waals surface area contributed by atoms with E-state index in [1.54, 1.807) is 0 Å². The monoisotopic (exact) mass is 360 g/mol. The van der Waals surface area contributed by atoms with E-state index in [9.17, 15) is 30.8 Å². The highest BCUT2D eigenvalue weighted by atomic mass is 32.2. The maximum Gasteiger partial charge on any atom is 0.407 e. The Morgan fingerprint density at radius 1 is 1.35 bits per heavy atom. The van der Waals surface area contributed by atoms with Gasteiger partial charge in [0.1, 0.15) is 10.4 Å². The first-order chi connectivity index (χ1) is 10.2. The van der Waals surface area contributed by atoms with Crippen LogP contribution in [0.5, 0.6) is 0 Å². The molecular weight excluding hydrogens is 344 g/mol. The summed E-state index contributed by atoms with van der Waals surface area (Å²) in [5.74, 6) is -2.60. The number of nitrogens with one attached hydrogen (secondary N) is 1. The molecule has 6 nitrogen and oxygen atoms in total. The molecule has 0 saturated carbocycles. The van der Waals surface area contributed by atoms with Crippen molar-refractivity contribution in [3.8, 4) is 0 Å². The van der Waals surface area contributed by atoms with Crippen molar-refractivity contribution in [3.05, 3.63) is 17.7 Å². The molecule has 0 aliphatic carbocycles. The van der Waals surface area contributed by atoms with Gasteiger partial charge < -0.3 is 9.30 Å². The van der Waals surface area contributed by atoms with Crippen molar-refractivity contribution >= 4 is 16.0 Å². The molecule has 1 rings (SSSR count). The highest BCUT2D eigenvalue weighted by molar-refractivity contribution is 7.89. The Bertz CT molecular complexity index is 707. The van der Waals surface area contributed by atoms with Gasteiger partial charge in [0.25, 0.3) is 0 Å². The number of aryl methyl sites for hydroxylation is 1. The Morgan fingerprint density at radius 3 is 2.30 bits per heavy atom. The number of carbonyl (C=O) groups excluding carboxylic acids is 1. The van der Waals surface area contributed by atoms with E-state index in [0.717, 1.165) is 4.57 Å². The second-order valence-electron chi connectivity index (χ2n) is 5.22. The van der Waals surface area contributed by atoms with Gasteiger partial charge in [0.05, 0.1) is 6.61 Å². The molecule has 0 aliphatic heterocycles. The third-order valence-corrected chi connectivity index (χ3v) is 4.59. The van der Waals surface area contributed by atoms with Crippen LogP contribution < -0.4 is 4.72 Å². The molecule has 0 spiro atoms. The smallest absolute Gasteiger partial charge is 0.407 e. The van der Waals surface area contributed by atoms with Crippen LogP contribution in [0, 0.1) is 5.82 Å². The molecule has 132 valence electrons. The van der Waals surface area contributed by atoms with Gasteiger partial charge >= 0.3 is 12.1 Å². The summed E-state index contributed by atoms with van der Waals surface area (Å²) in [7, 11) is -3.69.